The van der Waals surface area contributed by atoms with E-state index >= 15 is 0 Å². The zero-order valence-electron chi connectivity index (χ0n) is 11.4. The molecule has 0 saturated heterocycles. The topological polar surface area (TPSA) is 30.9 Å². The number of nitrogens with two attached hydrogens (primary N) is 1. The maximum atomic E-state index is 6.11. The van der Waals surface area contributed by atoms with Crippen LogP contribution in [0, 0.1) is 6.92 Å². The third-order valence-electron chi connectivity index (χ3n) is 4.69. The Hall–Kier alpha value is -1.28. The number of benzene rings is 1. The largest absolute Gasteiger partial charge is 0.347 e. The fourth-order valence-corrected chi connectivity index (χ4v) is 3.59. The highest BCUT2D eigenvalue weighted by molar-refractivity contribution is 5.82. The first-order chi connectivity index (χ1) is 8.66. The van der Waals surface area contributed by atoms with Crippen molar-refractivity contribution in [2.75, 3.05) is 6.54 Å². The Morgan fingerprint density at radius 3 is 2.61 bits per heavy atom. The monoisotopic (exact) mass is 242 g/mol. The molecule has 96 valence electrons. The van der Waals surface area contributed by atoms with Crippen LogP contribution in [0.25, 0.3) is 10.9 Å². The summed E-state index contributed by atoms with van der Waals surface area (Å²) in [5.74, 6) is 0. The van der Waals surface area contributed by atoms with Crippen molar-refractivity contribution in [2.24, 2.45) is 12.8 Å². The molecule has 0 atom stereocenters. The van der Waals surface area contributed by atoms with Gasteiger partial charge in [0.15, 0.2) is 0 Å². The summed E-state index contributed by atoms with van der Waals surface area (Å²) in [4.78, 5) is 0. The third kappa shape index (κ3) is 1.59. The van der Waals surface area contributed by atoms with E-state index in [1.165, 1.54) is 47.8 Å². The minimum atomic E-state index is 0.224. The van der Waals surface area contributed by atoms with Crippen LogP contribution in [0.15, 0.2) is 24.3 Å². The molecule has 2 aromatic rings. The van der Waals surface area contributed by atoms with E-state index in [1.54, 1.807) is 0 Å². The maximum absolute atomic E-state index is 6.11. The van der Waals surface area contributed by atoms with E-state index in [0.29, 0.717) is 0 Å². The van der Waals surface area contributed by atoms with Gasteiger partial charge in [0.05, 0.1) is 0 Å². The molecular formula is C16H22N2. The van der Waals surface area contributed by atoms with Gasteiger partial charge in [0, 0.05) is 35.6 Å². The van der Waals surface area contributed by atoms with Gasteiger partial charge in [0.25, 0.3) is 0 Å². The average molecular weight is 242 g/mol. The SMILES string of the molecule is Cc1ccc2c(c1)cc(C1(CN)CCCC1)n2C. The molecule has 0 amide bonds. The summed E-state index contributed by atoms with van der Waals surface area (Å²) in [6, 6.07) is 9.06. The van der Waals surface area contributed by atoms with Gasteiger partial charge in [-0.1, -0.05) is 24.5 Å². The minimum absolute atomic E-state index is 0.224. The lowest BCUT2D eigenvalue weighted by atomic mass is 9.82. The van der Waals surface area contributed by atoms with Gasteiger partial charge in [-0.15, -0.1) is 0 Å². The molecule has 1 aromatic heterocycles. The maximum Gasteiger partial charge on any atom is 0.0480 e. The summed E-state index contributed by atoms with van der Waals surface area (Å²) >= 11 is 0. The molecule has 0 aliphatic heterocycles. The second-order valence-electron chi connectivity index (χ2n) is 5.84. The summed E-state index contributed by atoms with van der Waals surface area (Å²) in [7, 11) is 2.18. The Morgan fingerprint density at radius 1 is 1.22 bits per heavy atom. The lowest BCUT2D eigenvalue weighted by molar-refractivity contribution is 0.428. The van der Waals surface area contributed by atoms with Crippen molar-refractivity contribution >= 4 is 10.9 Å². The highest BCUT2D eigenvalue weighted by Crippen LogP contribution is 2.41. The molecule has 0 unspecified atom stereocenters. The number of nitrogens with zero attached hydrogens (tertiary/aromatic N) is 1. The molecular weight excluding hydrogens is 220 g/mol. The summed E-state index contributed by atoms with van der Waals surface area (Å²) in [5.41, 5.74) is 10.4. The van der Waals surface area contributed by atoms with Gasteiger partial charge in [0.1, 0.15) is 0 Å². The summed E-state index contributed by atoms with van der Waals surface area (Å²) in [5, 5.41) is 1.35. The third-order valence-corrected chi connectivity index (χ3v) is 4.69. The lowest BCUT2D eigenvalue weighted by Crippen LogP contribution is -2.33. The molecule has 1 fully saturated rings. The molecule has 0 bridgehead atoms. The van der Waals surface area contributed by atoms with Crippen LogP contribution >= 0.6 is 0 Å². The van der Waals surface area contributed by atoms with E-state index in [1.807, 2.05) is 0 Å². The van der Waals surface area contributed by atoms with Crippen molar-refractivity contribution in [3.8, 4) is 0 Å². The first kappa shape index (κ1) is 11.8. The lowest BCUT2D eigenvalue weighted by Gasteiger charge is -2.28. The van der Waals surface area contributed by atoms with Crippen molar-refractivity contribution in [3.05, 3.63) is 35.5 Å². The van der Waals surface area contributed by atoms with Gasteiger partial charge >= 0.3 is 0 Å². The molecule has 0 radical (unpaired) electrons. The molecule has 1 saturated carbocycles. The van der Waals surface area contributed by atoms with Crippen LogP contribution in [0.2, 0.25) is 0 Å². The van der Waals surface area contributed by atoms with Gasteiger partial charge in [-0.3, -0.25) is 0 Å². The van der Waals surface area contributed by atoms with Gasteiger partial charge < -0.3 is 10.3 Å². The van der Waals surface area contributed by atoms with Gasteiger partial charge in [-0.2, -0.15) is 0 Å². The first-order valence-corrected chi connectivity index (χ1v) is 6.93. The van der Waals surface area contributed by atoms with Gasteiger partial charge in [-0.05, 0) is 38.0 Å². The predicted octanol–water partition coefficient (Wildman–Crippen LogP) is 3.26. The molecule has 18 heavy (non-hydrogen) atoms. The van der Waals surface area contributed by atoms with E-state index in [2.05, 4.69) is 42.8 Å². The molecule has 1 aromatic carbocycles. The molecule has 0 spiro atoms. The van der Waals surface area contributed by atoms with Gasteiger partial charge in [-0.25, -0.2) is 0 Å². The van der Waals surface area contributed by atoms with E-state index in [0.717, 1.165) is 6.54 Å². The second kappa shape index (κ2) is 4.13. The standard InChI is InChI=1S/C16H22N2/c1-12-5-6-14-13(9-12)10-15(18(14)2)16(11-17)7-3-4-8-16/h5-6,9-10H,3-4,7-8,11,17H2,1-2H3. The summed E-state index contributed by atoms with van der Waals surface area (Å²) in [6.45, 7) is 2.93. The van der Waals surface area contributed by atoms with E-state index in [9.17, 15) is 0 Å². The molecule has 2 heteroatoms. The fourth-order valence-electron chi connectivity index (χ4n) is 3.59. The number of aromatic nitrogens is 1. The number of aryl methyl sites for hydroxylation is 2. The quantitative estimate of drug-likeness (QED) is 0.861. The van der Waals surface area contributed by atoms with Crippen LogP contribution in [0.4, 0.5) is 0 Å². The zero-order chi connectivity index (χ0) is 12.8. The predicted molar refractivity (Wildman–Crippen MR) is 76.9 cm³/mol. The summed E-state index contributed by atoms with van der Waals surface area (Å²) in [6.07, 6.45) is 5.12. The smallest absolute Gasteiger partial charge is 0.0480 e. The van der Waals surface area contributed by atoms with Crippen molar-refractivity contribution in [3.63, 3.8) is 0 Å². The van der Waals surface area contributed by atoms with Crippen molar-refractivity contribution < 1.29 is 0 Å². The Morgan fingerprint density at radius 2 is 1.94 bits per heavy atom. The molecule has 2 nitrogen and oxygen atoms in total. The number of hydrogen-bond donors (Lipinski definition) is 1. The number of rotatable bonds is 2. The van der Waals surface area contributed by atoms with E-state index in [4.69, 9.17) is 5.73 Å². The Balaban J connectivity index is 2.20. The van der Waals surface area contributed by atoms with Crippen molar-refractivity contribution in [2.45, 2.75) is 38.0 Å². The van der Waals surface area contributed by atoms with Crippen molar-refractivity contribution in [1.29, 1.82) is 0 Å². The van der Waals surface area contributed by atoms with Crippen LogP contribution in [0.1, 0.15) is 36.9 Å². The zero-order valence-corrected chi connectivity index (χ0v) is 11.4. The number of fused-ring (bicyclic) bond motifs is 1. The molecule has 2 N–H and O–H groups in total. The van der Waals surface area contributed by atoms with Crippen LogP contribution in [0.5, 0.6) is 0 Å². The summed E-state index contributed by atoms with van der Waals surface area (Å²) < 4.78 is 2.35. The van der Waals surface area contributed by atoms with Crippen LogP contribution in [0.3, 0.4) is 0 Å². The first-order valence-electron chi connectivity index (χ1n) is 6.93. The van der Waals surface area contributed by atoms with Crippen LogP contribution in [-0.2, 0) is 12.5 Å². The van der Waals surface area contributed by atoms with E-state index < -0.39 is 0 Å². The Bertz CT molecular complexity index is 574. The Labute approximate surface area is 109 Å². The van der Waals surface area contributed by atoms with Crippen LogP contribution in [-0.4, -0.2) is 11.1 Å². The average Bonchev–Trinajstić information content (AvgIpc) is 2.95. The van der Waals surface area contributed by atoms with E-state index in [-0.39, 0.29) is 5.41 Å². The van der Waals surface area contributed by atoms with Crippen molar-refractivity contribution in [1.82, 2.24) is 4.57 Å². The molecule has 3 rings (SSSR count). The van der Waals surface area contributed by atoms with Crippen LogP contribution < -0.4 is 5.73 Å². The Kier molecular flexibility index (Phi) is 2.70. The normalized spacial score (nSPS) is 18.6. The van der Waals surface area contributed by atoms with Gasteiger partial charge in [0.2, 0.25) is 0 Å². The molecule has 1 aliphatic rings. The second-order valence-corrected chi connectivity index (χ2v) is 5.84. The molecule has 1 aliphatic carbocycles. The fraction of sp³-hybridized carbons (Fsp3) is 0.500. The highest BCUT2D eigenvalue weighted by atomic mass is 15.0. The molecule has 1 heterocycles. The highest BCUT2D eigenvalue weighted by Gasteiger charge is 2.36. The number of hydrogen-bond acceptors (Lipinski definition) is 1. The minimum Gasteiger partial charge on any atom is -0.347 e.